The van der Waals surface area contributed by atoms with Crippen molar-refractivity contribution in [1.29, 1.82) is 0 Å². The predicted molar refractivity (Wildman–Crippen MR) is 117 cm³/mol. The zero-order valence-electron chi connectivity index (χ0n) is 17.5. The predicted octanol–water partition coefficient (Wildman–Crippen LogP) is 2.07. The van der Waals surface area contributed by atoms with Crippen molar-refractivity contribution >= 4 is 15.9 Å². The molecule has 3 rings (SSSR count). The average Bonchev–Trinajstić information content (AvgIpc) is 2.75. The molecule has 3 N–H and O–H groups in total. The summed E-state index contributed by atoms with van der Waals surface area (Å²) in [6.45, 7) is 3.50. The van der Waals surface area contributed by atoms with Gasteiger partial charge in [0.05, 0.1) is 17.9 Å². The van der Waals surface area contributed by atoms with Gasteiger partial charge in [-0.05, 0) is 61.1 Å². The molecule has 2 aromatic rings. The van der Waals surface area contributed by atoms with E-state index < -0.39 is 21.7 Å². The highest BCUT2D eigenvalue weighted by Gasteiger charge is 2.26. The van der Waals surface area contributed by atoms with Crippen LogP contribution >= 0.6 is 0 Å². The molecule has 1 heterocycles. The number of likely N-dealkylation sites (tertiary alicyclic amines) is 1. The number of nitrogens with one attached hydrogen (secondary N) is 2. The quantitative estimate of drug-likeness (QED) is 0.536. The molecular formula is C22H28FN3O4S. The van der Waals surface area contributed by atoms with Crippen molar-refractivity contribution < 1.29 is 22.7 Å². The van der Waals surface area contributed by atoms with E-state index in [1.54, 1.807) is 13.0 Å². The van der Waals surface area contributed by atoms with E-state index in [0.29, 0.717) is 24.2 Å². The molecule has 0 bridgehead atoms. The number of aliphatic hydroxyl groups is 1. The van der Waals surface area contributed by atoms with Crippen LogP contribution in [-0.4, -0.2) is 56.3 Å². The van der Waals surface area contributed by atoms with Gasteiger partial charge in [0, 0.05) is 13.1 Å². The Balaban J connectivity index is 1.66. The van der Waals surface area contributed by atoms with Crippen LogP contribution in [0.25, 0.3) is 11.1 Å². The number of benzene rings is 2. The number of hydrazine groups is 1. The van der Waals surface area contributed by atoms with Crippen molar-refractivity contribution in [3.05, 3.63) is 59.4 Å². The Bertz CT molecular complexity index is 1010. The third-order valence-electron chi connectivity index (χ3n) is 5.40. The first-order chi connectivity index (χ1) is 14.8. The second-order valence-electron chi connectivity index (χ2n) is 7.89. The van der Waals surface area contributed by atoms with E-state index in [2.05, 4.69) is 10.3 Å². The van der Waals surface area contributed by atoms with E-state index in [4.69, 9.17) is 5.11 Å². The second kappa shape index (κ2) is 10.3. The van der Waals surface area contributed by atoms with Crippen LogP contribution in [0.4, 0.5) is 4.39 Å². The molecule has 1 aliphatic heterocycles. The fourth-order valence-electron chi connectivity index (χ4n) is 3.91. The van der Waals surface area contributed by atoms with Crippen molar-refractivity contribution in [1.82, 2.24) is 15.2 Å². The molecule has 0 aromatic heterocycles. The van der Waals surface area contributed by atoms with E-state index in [1.807, 2.05) is 35.2 Å². The number of rotatable bonds is 8. The van der Waals surface area contributed by atoms with Crippen LogP contribution in [0.1, 0.15) is 28.8 Å². The smallest absolute Gasteiger partial charge is 0.269 e. The van der Waals surface area contributed by atoms with Crippen LogP contribution < -0.4 is 10.3 Å². The summed E-state index contributed by atoms with van der Waals surface area (Å²) >= 11 is 0. The number of nitrogens with zero attached hydrogens (tertiary/aromatic N) is 1. The van der Waals surface area contributed by atoms with Crippen LogP contribution in [0.2, 0.25) is 0 Å². The Labute approximate surface area is 182 Å². The topological polar surface area (TPSA) is 98.7 Å². The number of amides is 1. The number of piperidine rings is 1. The van der Waals surface area contributed by atoms with Crippen molar-refractivity contribution in [2.24, 2.45) is 5.92 Å². The molecule has 0 spiro atoms. The molecule has 9 heteroatoms. The van der Waals surface area contributed by atoms with Gasteiger partial charge in [-0.2, -0.15) is 0 Å². The highest BCUT2D eigenvalue weighted by Crippen LogP contribution is 2.25. The lowest BCUT2D eigenvalue weighted by molar-refractivity contribution is 0.0940. The van der Waals surface area contributed by atoms with Crippen LogP contribution in [0.5, 0.6) is 0 Å². The Morgan fingerprint density at radius 2 is 1.97 bits per heavy atom. The van der Waals surface area contributed by atoms with Gasteiger partial charge in [-0.25, -0.2) is 12.8 Å². The van der Waals surface area contributed by atoms with Gasteiger partial charge in [0.2, 0.25) is 10.0 Å². The minimum atomic E-state index is -3.80. The zero-order valence-corrected chi connectivity index (χ0v) is 18.3. The number of hydrogen-bond donors (Lipinski definition) is 3. The number of sulfonamides is 1. The lowest BCUT2D eigenvalue weighted by Crippen LogP contribution is -2.46. The number of β-amino-alcohol motifs (C(OH)–C–C–N with tert-alkyl or cyclic N) is 1. The summed E-state index contributed by atoms with van der Waals surface area (Å²) in [5.74, 6) is -1.80. The molecule has 31 heavy (non-hydrogen) atoms. The minimum Gasteiger partial charge on any atom is -0.395 e. The third kappa shape index (κ3) is 6.33. The summed E-state index contributed by atoms with van der Waals surface area (Å²) in [6.07, 6.45) is 1.60. The number of carbonyl (C=O) groups excluding carboxylic acids is 1. The van der Waals surface area contributed by atoms with E-state index >= 15 is 0 Å². The van der Waals surface area contributed by atoms with Gasteiger partial charge < -0.3 is 10.0 Å². The molecule has 1 saturated heterocycles. The maximum absolute atomic E-state index is 14.6. The summed E-state index contributed by atoms with van der Waals surface area (Å²) in [5.41, 5.74) is 3.69. The maximum Gasteiger partial charge on any atom is 0.269 e. The normalized spacial score (nSPS) is 17.5. The van der Waals surface area contributed by atoms with E-state index in [-0.39, 0.29) is 23.8 Å². The Morgan fingerprint density at radius 3 is 2.68 bits per heavy atom. The standard InChI is InChI=1S/C22H28FN3O4S/c1-16-12-19(18-7-3-2-4-8-18)13-20(21(16)23)22(28)24-25-31(29,30)15-17-6-5-9-26(14-17)10-11-27/h2-4,7-8,12-13,17,25,27H,5-6,9-11,14-15H2,1H3,(H,24,28). The van der Waals surface area contributed by atoms with Crippen molar-refractivity contribution in [2.75, 3.05) is 32.0 Å². The first kappa shape index (κ1) is 23.3. The molecule has 1 atom stereocenters. The number of halogens is 1. The average molecular weight is 450 g/mol. The summed E-state index contributed by atoms with van der Waals surface area (Å²) in [6, 6.07) is 12.3. The van der Waals surface area contributed by atoms with Gasteiger partial charge in [0.1, 0.15) is 5.82 Å². The van der Waals surface area contributed by atoms with Crippen molar-refractivity contribution in [3.8, 4) is 11.1 Å². The van der Waals surface area contributed by atoms with E-state index in [9.17, 15) is 17.6 Å². The lowest BCUT2D eigenvalue weighted by atomic mass is 9.99. The monoisotopic (exact) mass is 449 g/mol. The highest BCUT2D eigenvalue weighted by molar-refractivity contribution is 7.89. The second-order valence-corrected chi connectivity index (χ2v) is 9.66. The lowest BCUT2D eigenvalue weighted by Gasteiger charge is -2.31. The fraction of sp³-hybridized carbons (Fsp3) is 0.409. The fourth-order valence-corrected chi connectivity index (χ4v) is 5.13. The number of aliphatic hydroxyl groups excluding tert-OH is 1. The van der Waals surface area contributed by atoms with Crippen LogP contribution in [0.3, 0.4) is 0 Å². The Morgan fingerprint density at radius 1 is 1.23 bits per heavy atom. The summed E-state index contributed by atoms with van der Waals surface area (Å²) in [4.78, 5) is 16.7. The van der Waals surface area contributed by atoms with Gasteiger partial charge in [-0.3, -0.25) is 10.2 Å². The van der Waals surface area contributed by atoms with Gasteiger partial charge in [-0.1, -0.05) is 30.3 Å². The van der Waals surface area contributed by atoms with Gasteiger partial charge in [-0.15, -0.1) is 4.83 Å². The molecule has 1 aliphatic rings. The molecule has 1 unspecified atom stereocenters. The van der Waals surface area contributed by atoms with Gasteiger partial charge >= 0.3 is 0 Å². The summed E-state index contributed by atoms with van der Waals surface area (Å²) in [5, 5.41) is 9.07. The van der Waals surface area contributed by atoms with Gasteiger partial charge in [0.15, 0.2) is 0 Å². The largest absolute Gasteiger partial charge is 0.395 e. The number of carbonyl (C=O) groups is 1. The van der Waals surface area contributed by atoms with E-state index in [1.165, 1.54) is 6.07 Å². The molecule has 7 nitrogen and oxygen atoms in total. The molecule has 2 aromatic carbocycles. The number of hydrogen-bond acceptors (Lipinski definition) is 5. The maximum atomic E-state index is 14.6. The highest BCUT2D eigenvalue weighted by atomic mass is 32.2. The first-order valence-electron chi connectivity index (χ1n) is 10.3. The molecule has 0 radical (unpaired) electrons. The SMILES string of the molecule is Cc1cc(-c2ccccc2)cc(C(=O)NNS(=O)(=O)CC2CCCN(CCO)C2)c1F. The summed E-state index contributed by atoms with van der Waals surface area (Å²) in [7, 11) is -3.80. The molecule has 1 amide bonds. The Hall–Kier alpha value is -2.33. The van der Waals surface area contributed by atoms with Crippen molar-refractivity contribution in [2.45, 2.75) is 19.8 Å². The van der Waals surface area contributed by atoms with E-state index in [0.717, 1.165) is 24.9 Å². The molecule has 0 aliphatic carbocycles. The van der Waals surface area contributed by atoms with Crippen LogP contribution in [0.15, 0.2) is 42.5 Å². The Kier molecular flexibility index (Phi) is 7.77. The molecule has 168 valence electrons. The summed E-state index contributed by atoms with van der Waals surface area (Å²) < 4.78 is 39.5. The number of aryl methyl sites for hydroxylation is 1. The third-order valence-corrected chi connectivity index (χ3v) is 6.72. The van der Waals surface area contributed by atoms with Crippen LogP contribution in [0, 0.1) is 18.7 Å². The first-order valence-corrected chi connectivity index (χ1v) is 11.9. The minimum absolute atomic E-state index is 0.0286. The van der Waals surface area contributed by atoms with Crippen molar-refractivity contribution in [3.63, 3.8) is 0 Å². The molecular weight excluding hydrogens is 421 g/mol. The molecule has 0 saturated carbocycles. The van der Waals surface area contributed by atoms with Crippen LogP contribution in [-0.2, 0) is 10.0 Å². The molecule has 1 fully saturated rings. The van der Waals surface area contributed by atoms with Gasteiger partial charge in [0.25, 0.3) is 5.91 Å². The zero-order chi connectivity index (χ0) is 22.4.